The summed E-state index contributed by atoms with van der Waals surface area (Å²) in [6, 6.07) is 12.5. The van der Waals surface area contributed by atoms with Crippen LogP contribution in [0.25, 0.3) is 22.3 Å². The van der Waals surface area contributed by atoms with Crippen LogP contribution in [0.15, 0.2) is 36.4 Å². The molecule has 31 heavy (non-hydrogen) atoms. The van der Waals surface area contributed by atoms with Gasteiger partial charge in [0.15, 0.2) is 5.65 Å². The quantitative estimate of drug-likeness (QED) is 0.687. The maximum absolute atomic E-state index is 5.83. The molecule has 1 atom stereocenters. The van der Waals surface area contributed by atoms with E-state index in [1.807, 2.05) is 18.2 Å². The lowest BCUT2D eigenvalue weighted by molar-refractivity contribution is 0.0981. The summed E-state index contributed by atoms with van der Waals surface area (Å²) in [7, 11) is 0. The summed E-state index contributed by atoms with van der Waals surface area (Å²) in [6.45, 7) is 7.79. The van der Waals surface area contributed by atoms with Crippen molar-refractivity contribution in [3.63, 3.8) is 0 Å². The molecule has 0 bridgehead atoms. The molecule has 162 valence electrons. The Balaban J connectivity index is 1.63. The van der Waals surface area contributed by atoms with Crippen molar-refractivity contribution in [2.75, 3.05) is 55.9 Å². The first-order valence-electron chi connectivity index (χ1n) is 10.9. The van der Waals surface area contributed by atoms with Gasteiger partial charge in [0.1, 0.15) is 5.82 Å². The molecule has 2 aliphatic heterocycles. The van der Waals surface area contributed by atoms with Gasteiger partial charge in [-0.05, 0) is 30.7 Å². The third kappa shape index (κ3) is 4.06. The van der Waals surface area contributed by atoms with Crippen molar-refractivity contribution < 1.29 is 9.47 Å². The molecule has 4 heterocycles. The Kier molecular flexibility index (Phi) is 5.67. The number of nitrogens with two attached hydrogens (primary N) is 1. The minimum Gasteiger partial charge on any atom is -0.378 e. The maximum atomic E-state index is 5.83. The van der Waals surface area contributed by atoms with Crippen LogP contribution in [0.4, 0.5) is 11.8 Å². The summed E-state index contributed by atoms with van der Waals surface area (Å²) in [6.07, 6.45) is 0. The standard InChI is InChI=1S/C23H28N6O2/c1-16-15-31-12-9-29(16)23-26-21-19(22(27-23)28-7-10-30-11-8-28)5-6-20(25-21)18-4-2-3-17(13-18)14-24/h2-6,13,16H,7-12,14-15,24H2,1H3. The number of pyridine rings is 1. The summed E-state index contributed by atoms with van der Waals surface area (Å²) < 4.78 is 11.2. The number of anilines is 2. The first-order valence-corrected chi connectivity index (χ1v) is 10.9. The van der Waals surface area contributed by atoms with Crippen molar-refractivity contribution in [1.82, 2.24) is 15.0 Å². The van der Waals surface area contributed by atoms with Crippen molar-refractivity contribution in [2.24, 2.45) is 5.73 Å². The number of ether oxygens (including phenoxy) is 2. The molecule has 2 aliphatic rings. The topological polar surface area (TPSA) is 89.6 Å². The molecule has 1 aromatic carbocycles. The van der Waals surface area contributed by atoms with E-state index in [9.17, 15) is 0 Å². The normalized spacial score (nSPS) is 19.7. The minimum absolute atomic E-state index is 0.216. The van der Waals surface area contributed by atoms with Gasteiger partial charge < -0.3 is 25.0 Å². The van der Waals surface area contributed by atoms with Crippen LogP contribution in [0.5, 0.6) is 0 Å². The number of hydrogen-bond acceptors (Lipinski definition) is 8. The Bertz CT molecular complexity index is 1070. The average molecular weight is 421 g/mol. The summed E-state index contributed by atoms with van der Waals surface area (Å²) in [5.41, 5.74) is 9.55. The molecule has 0 saturated carbocycles. The first kappa shape index (κ1) is 20.1. The molecule has 3 aromatic rings. The third-order valence-corrected chi connectivity index (χ3v) is 5.92. The monoisotopic (exact) mass is 420 g/mol. The van der Waals surface area contributed by atoms with E-state index in [1.54, 1.807) is 0 Å². The zero-order chi connectivity index (χ0) is 21.2. The summed E-state index contributed by atoms with van der Waals surface area (Å²) >= 11 is 0. The van der Waals surface area contributed by atoms with Gasteiger partial charge in [-0.3, -0.25) is 0 Å². The zero-order valence-corrected chi connectivity index (χ0v) is 17.8. The fraction of sp³-hybridized carbons (Fsp3) is 0.435. The Morgan fingerprint density at radius 2 is 1.84 bits per heavy atom. The molecular weight excluding hydrogens is 392 g/mol. The van der Waals surface area contributed by atoms with Crippen LogP contribution in [-0.4, -0.2) is 67.1 Å². The lowest BCUT2D eigenvalue weighted by atomic mass is 10.1. The number of aromatic nitrogens is 3. The van der Waals surface area contributed by atoms with Crippen LogP contribution in [0, 0.1) is 0 Å². The molecule has 2 aromatic heterocycles. The van der Waals surface area contributed by atoms with Crippen LogP contribution in [-0.2, 0) is 16.0 Å². The van der Waals surface area contributed by atoms with Crippen LogP contribution >= 0.6 is 0 Å². The highest BCUT2D eigenvalue weighted by atomic mass is 16.5. The number of nitrogens with zero attached hydrogens (tertiary/aromatic N) is 5. The highest BCUT2D eigenvalue weighted by Crippen LogP contribution is 2.30. The van der Waals surface area contributed by atoms with E-state index in [1.165, 1.54) is 0 Å². The molecule has 8 nitrogen and oxygen atoms in total. The second-order valence-electron chi connectivity index (χ2n) is 8.04. The van der Waals surface area contributed by atoms with Gasteiger partial charge >= 0.3 is 0 Å². The van der Waals surface area contributed by atoms with Gasteiger partial charge in [0.2, 0.25) is 5.95 Å². The van der Waals surface area contributed by atoms with Gasteiger partial charge in [-0.15, -0.1) is 0 Å². The van der Waals surface area contributed by atoms with Crippen LogP contribution < -0.4 is 15.5 Å². The lowest BCUT2D eigenvalue weighted by Crippen LogP contribution is -2.45. The van der Waals surface area contributed by atoms with E-state index < -0.39 is 0 Å². The Morgan fingerprint density at radius 1 is 1.00 bits per heavy atom. The van der Waals surface area contributed by atoms with Crippen molar-refractivity contribution in [1.29, 1.82) is 0 Å². The Hall–Kier alpha value is -2.81. The molecule has 2 N–H and O–H groups in total. The van der Waals surface area contributed by atoms with E-state index in [4.69, 9.17) is 30.2 Å². The highest BCUT2D eigenvalue weighted by Gasteiger charge is 2.25. The summed E-state index contributed by atoms with van der Waals surface area (Å²) in [5.74, 6) is 1.64. The smallest absolute Gasteiger partial charge is 0.229 e. The van der Waals surface area contributed by atoms with Gasteiger partial charge in [0.25, 0.3) is 0 Å². The van der Waals surface area contributed by atoms with E-state index >= 15 is 0 Å². The third-order valence-electron chi connectivity index (χ3n) is 5.92. The Morgan fingerprint density at radius 3 is 2.65 bits per heavy atom. The number of hydrogen-bond donors (Lipinski definition) is 1. The number of morpholine rings is 2. The zero-order valence-electron chi connectivity index (χ0n) is 17.8. The molecule has 1 unspecified atom stereocenters. The van der Waals surface area contributed by atoms with Gasteiger partial charge in [-0.1, -0.05) is 18.2 Å². The maximum Gasteiger partial charge on any atom is 0.229 e. The van der Waals surface area contributed by atoms with Gasteiger partial charge in [0.05, 0.1) is 43.5 Å². The molecule has 2 saturated heterocycles. The average Bonchev–Trinajstić information content (AvgIpc) is 2.84. The van der Waals surface area contributed by atoms with Crippen LogP contribution in [0.2, 0.25) is 0 Å². The fourth-order valence-electron chi connectivity index (χ4n) is 4.17. The summed E-state index contributed by atoms with van der Waals surface area (Å²) in [4.78, 5) is 19.3. The fourth-order valence-corrected chi connectivity index (χ4v) is 4.17. The molecule has 0 spiro atoms. The molecule has 0 amide bonds. The van der Waals surface area contributed by atoms with Crippen molar-refractivity contribution in [3.8, 4) is 11.3 Å². The lowest BCUT2D eigenvalue weighted by Gasteiger charge is -2.34. The second kappa shape index (κ2) is 8.74. The van der Waals surface area contributed by atoms with Crippen molar-refractivity contribution in [3.05, 3.63) is 42.0 Å². The molecule has 0 radical (unpaired) electrons. The van der Waals surface area contributed by atoms with Gasteiger partial charge in [-0.2, -0.15) is 9.97 Å². The summed E-state index contributed by atoms with van der Waals surface area (Å²) in [5, 5.41) is 0.963. The molecule has 8 heteroatoms. The molecule has 2 fully saturated rings. The number of benzene rings is 1. The minimum atomic E-state index is 0.216. The van der Waals surface area contributed by atoms with Crippen molar-refractivity contribution in [2.45, 2.75) is 19.5 Å². The first-order chi connectivity index (χ1) is 15.2. The SMILES string of the molecule is CC1COCCN1c1nc(N2CCOCC2)c2ccc(-c3cccc(CN)c3)nc2n1. The second-order valence-corrected chi connectivity index (χ2v) is 8.04. The van der Waals surface area contributed by atoms with E-state index in [0.29, 0.717) is 44.6 Å². The predicted octanol–water partition coefficient (Wildman–Crippen LogP) is 2.21. The highest BCUT2D eigenvalue weighted by molar-refractivity contribution is 5.90. The molecule has 5 rings (SSSR count). The van der Waals surface area contributed by atoms with E-state index in [0.717, 1.165) is 47.7 Å². The largest absolute Gasteiger partial charge is 0.378 e. The number of rotatable bonds is 4. The van der Waals surface area contributed by atoms with E-state index in [-0.39, 0.29) is 6.04 Å². The van der Waals surface area contributed by atoms with Gasteiger partial charge in [-0.25, -0.2) is 4.98 Å². The van der Waals surface area contributed by atoms with Crippen LogP contribution in [0.1, 0.15) is 12.5 Å². The molecule has 0 aliphatic carbocycles. The van der Waals surface area contributed by atoms with E-state index in [2.05, 4.69) is 34.9 Å². The van der Waals surface area contributed by atoms with Crippen molar-refractivity contribution >= 4 is 22.8 Å². The molecular formula is C23H28N6O2. The van der Waals surface area contributed by atoms with Gasteiger partial charge in [0, 0.05) is 31.7 Å². The predicted molar refractivity (Wildman–Crippen MR) is 121 cm³/mol. The number of fused-ring (bicyclic) bond motifs is 1. The van der Waals surface area contributed by atoms with Crippen LogP contribution in [0.3, 0.4) is 0 Å². The Labute approximate surface area is 182 Å².